The molecule has 1 aromatic carbocycles. The van der Waals surface area contributed by atoms with Crippen molar-refractivity contribution in [1.82, 2.24) is 4.98 Å². The number of anilines is 1. The highest BCUT2D eigenvalue weighted by Crippen LogP contribution is 2.15. The normalized spacial score (nSPS) is 9.80. The quantitative estimate of drug-likeness (QED) is 0.680. The number of aryl methyl sites for hydroxylation is 1. The Kier molecular flexibility index (Phi) is 3.96. The molecular weight excluding hydrogens is 254 g/mol. The van der Waals surface area contributed by atoms with Gasteiger partial charge in [0.05, 0.1) is 5.56 Å². The molecule has 0 aliphatic rings. The fourth-order valence-corrected chi connectivity index (χ4v) is 1.74. The molecule has 0 amide bonds. The molecule has 20 heavy (non-hydrogen) atoms. The average Bonchev–Trinajstić information content (AvgIpc) is 2.47. The molecule has 0 saturated heterocycles. The largest absolute Gasteiger partial charge is 0.457 e. The van der Waals surface area contributed by atoms with Gasteiger partial charge in [-0.2, -0.15) is 5.26 Å². The van der Waals surface area contributed by atoms with E-state index in [1.54, 1.807) is 37.3 Å². The monoisotopic (exact) mass is 267 g/mol. The summed E-state index contributed by atoms with van der Waals surface area (Å²) in [6.07, 6.45) is 1.52. The molecule has 2 aromatic rings. The topological polar surface area (TPSA) is 89.0 Å². The maximum Gasteiger partial charge on any atom is 0.338 e. The first-order valence-electron chi connectivity index (χ1n) is 5.99. The van der Waals surface area contributed by atoms with Crippen molar-refractivity contribution >= 4 is 11.7 Å². The molecular formula is C15H13N3O2. The summed E-state index contributed by atoms with van der Waals surface area (Å²) >= 11 is 0. The number of hydrogen-bond donors (Lipinski definition) is 1. The number of ether oxygens (including phenoxy) is 1. The highest BCUT2D eigenvalue weighted by atomic mass is 16.5. The van der Waals surface area contributed by atoms with Crippen LogP contribution in [0.15, 0.2) is 36.5 Å². The number of nitrogens with two attached hydrogens (primary N) is 1. The van der Waals surface area contributed by atoms with Gasteiger partial charge in [-0.1, -0.05) is 12.1 Å². The van der Waals surface area contributed by atoms with Crippen molar-refractivity contribution in [2.45, 2.75) is 13.5 Å². The predicted molar refractivity (Wildman–Crippen MR) is 73.7 cm³/mol. The summed E-state index contributed by atoms with van der Waals surface area (Å²) in [4.78, 5) is 15.9. The predicted octanol–water partition coefficient (Wildman–Crippen LogP) is 2.20. The summed E-state index contributed by atoms with van der Waals surface area (Å²) in [6.45, 7) is 1.81. The number of carbonyl (C=O) groups excluding carboxylic acids is 1. The van der Waals surface area contributed by atoms with Gasteiger partial charge in [-0.15, -0.1) is 0 Å². The highest BCUT2D eigenvalue weighted by molar-refractivity contribution is 5.92. The minimum absolute atomic E-state index is 0.00378. The van der Waals surface area contributed by atoms with Crippen molar-refractivity contribution < 1.29 is 9.53 Å². The molecule has 0 saturated carbocycles. The van der Waals surface area contributed by atoms with Crippen molar-refractivity contribution in [3.8, 4) is 6.07 Å². The van der Waals surface area contributed by atoms with Crippen LogP contribution in [0.25, 0.3) is 0 Å². The highest BCUT2D eigenvalue weighted by Gasteiger charge is 2.12. The summed E-state index contributed by atoms with van der Waals surface area (Å²) in [6, 6.07) is 10.4. The second-order valence-electron chi connectivity index (χ2n) is 4.27. The number of pyridine rings is 1. The zero-order valence-corrected chi connectivity index (χ0v) is 11.0. The lowest BCUT2D eigenvalue weighted by atomic mass is 10.1. The van der Waals surface area contributed by atoms with Gasteiger partial charge >= 0.3 is 5.97 Å². The number of nitrogens with zero attached hydrogens (tertiary/aromatic N) is 2. The van der Waals surface area contributed by atoms with Crippen LogP contribution in [0.5, 0.6) is 0 Å². The van der Waals surface area contributed by atoms with Gasteiger partial charge in [-0.05, 0) is 30.7 Å². The molecule has 2 rings (SSSR count). The van der Waals surface area contributed by atoms with Gasteiger partial charge in [0.25, 0.3) is 0 Å². The van der Waals surface area contributed by atoms with E-state index in [2.05, 4.69) is 4.98 Å². The van der Waals surface area contributed by atoms with Crippen molar-refractivity contribution in [2.24, 2.45) is 0 Å². The van der Waals surface area contributed by atoms with Gasteiger partial charge in [0.15, 0.2) is 0 Å². The van der Waals surface area contributed by atoms with Crippen LogP contribution in [0.3, 0.4) is 0 Å². The Labute approximate surface area is 116 Å². The van der Waals surface area contributed by atoms with E-state index >= 15 is 0 Å². The van der Waals surface area contributed by atoms with Gasteiger partial charge in [-0.3, -0.25) is 0 Å². The third-order valence-electron chi connectivity index (χ3n) is 2.84. The molecule has 1 heterocycles. The standard InChI is InChI=1S/C15H13N3O2/c1-10-4-5-12(17)7-13(10)15(19)20-9-11-3-2-6-18-14(11)8-16/h2-7H,9,17H2,1H3. The van der Waals surface area contributed by atoms with Gasteiger partial charge in [0.2, 0.25) is 0 Å². The molecule has 0 bridgehead atoms. The summed E-state index contributed by atoms with van der Waals surface area (Å²) in [5.74, 6) is -0.470. The lowest BCUT2D eigenvalue weighted by Crippen LogP contribution is -2.08. The molecule has 1 aromatic heterocycles. The molecule has 0 aliphatic carbocycles. The van der Waals surface area contributed by atoms with Crippen LogP contribution in [-0.2, 0) is 11.3 Å². The number of rotatable bonds is 3. The Morgan fingerprint density at radius 2 is 2.25 bits per heavy atom. The maximum absolute atomic E-state index is 12.0. The molecule has 5 nitrogen and oxygen atoms in total. The van der Waals surface area contributed by atoms with Crippen LogP contribution in [0, 0.1) is 18.3 Å². The van der Waals surface area contributed by atoms with E-state index in [4.69, 9.17) is 15.7 Å². The summed E-state index contributed by atoms with van der Waals surface area (Å²) < 4.78 is 5.21. The van der Waals surface area contributed by atoms with Crippen LogP contribution in [0.1, 0.15) is 27.2 Å². The average molecular weight is 267 g/mol. The Morgan fingerprint density at radius 1 is 1.45 bits per heavy atom. The number of esters is 1. The van der Waals surface area contributed by atoms with E-state index in [1.165, 1.54) is 6.20 Å². The van der Waals surface area contributed by atoms with Crippen LogP contribution < -0.4 is 5.73 Å². The second kappa shape index (κ2) is 5.85. The van der Waals surface area contributed by atoms with Crippen LogP contribution in [-0.4, -0.2) is 11.0 Å². The van der Waals surface area contributed by atoms with E-state index in [9.17, 15) is 4.79 Å². The molecule has 0 unspecified atom stereocenters. The molecule has 2 N–H and O–H groups in total. The fourth-order valence-electron chi connectivity index (χ4n) is 1.74. The van der Waals surface area contributed by atoms with Crippen LogP contribution >= 0.6 is 0 Å². The first kappa shape index (κ1) is 13.6. The summed E-state index contributed by atoms with van der Waals surface area (Å²) in [5, 5.41) is 8.91. The third kappa shape index (κ3) is 2.93. The zero-order valence-electron chi connectivity index (χ0n) is 11.0. The third-order valence-corrected chi connectivity index (χ3v) is 2.84. The fraction of sp³-hybridized carbons (Fsp3) is 0.133. The Balaban J connectivity index is 2.13. The minimum atomic E-state index is -0.470. The molecule has 0 aliphatic heterocycles. The smallest absolute Gasteiger partial charge is 0.338 e. The van der Waals surface area contributed by atoms with Crippen molar-refractivity contribution in [1.29, 1.82) is 5.26 Å². The Hall–Kier alpha value is -2.87. The van der Waals surface area contributed by atoms with Gasteiger partial charge < -0.3 is 10.5 Å². The molecule has 5 heteroatoms. The van der Waals surface area contributed by atoms with Gasteiger partial charge in [-0.25, -0.2) is 9.78 Å². The first-order valence-corrected chi connectivity index (χ1v) is 5.99. The Morgan fingerprint density at radius 3 is 3.00 bits per heavy atom. The molecule has 100 valence electrons. The molecule has 0 atom stereocenters. The maximum atomic E-state index is 12.0. The van der Waals surface area contributed by atoms with Gasteiger partial charge in [0, 0.05) is 17.4 Å². The van der Waals surface area contributed by atoms with Gasteiger partial charge in [0.1, 0.15) is 18.4 Å². The summed E-state index contributed by atoms with van der Waals surface area (Å²) in [7, 11) is 0. The number of hydrogen-bond acceptors (Lipinski definition) is 5. The molecule has 0 spiro atoms. The lowest BCUT2D eigenvalue weighted by molar-refractivity contribution is 0.0471. The number of nitrogen functional groups attached to an aromatic ring is 1. The summed E-state index contributed by atoms with van der Waals surface area (Å²) in [5.41, 5.74) is 8.20. The number of carbonyl (C=O) groups is 1. The van der Waals surface area contributed by atoms with Crippen molar-refractivity contribution in [3.05, 3.63) is 58.9 Å². The van der Waals surface area contributed by atoms with E-state index < -0.39 is 5.97 Å². The second-order valence-corrected chi connectivity index (χ2v) is 4.27. The number of nitriles is 1. The lowest BCUT2D eigenvalue weighted by Gasteiger charge is -2.08. The molecule has 0 radical (unpaired) electrons. The van der Waals surface area contributed by atoms with Crippen molar-refractivity contribution in [2.75, 3.05) is 5.73 Å². The first-order chi connectivity index (χ1) is 9.61. The van der Waals surface area contributed by atoms with E-state index in [1.807, 2.05) is 6.07 Å². The SMILES string of the molecule is Cc1ccc(N)cc1C(=O)OCc1cccnc1C#N. The minimum Gasteiger partial charge on any atom is -0.457 e. The van der Waals surface area contributed by atoms with E-state index in [0.717, 1.165) is 5.56 Å². The Bertz CT molecular complexity index is 690. The van der Waals surface area contributed by atoms with Crippen molar-refractivity contribution in [3.63, 3.8) is 0 Å². The molecule has 0 fully saturated rings. The van der Waals surface area contributed by atoms with Crippen LogP contribution in [0.2, 0.25) is 0 Å². The van der Waals surface area contributed by atoms with Crippen LogP contribution in [0.4, 0.5) is 5.69 Å². The number of aromatic nitrogens is 1. The zero-order chi connectivity index (χ0) is 14.5. The van der Waals surface area contributed by atoms with E-state index in [0.29, 0.717) is 16.8 Å². The number of benzene rings is 1. The van der Waals surface area contributed by atoms with E-state index in [-0.39, 0.29) is 12.3 Å².